The molecule has 1 amide bonds. The highest BCUT2D eigenvalue weighted by Crippen LogP contribution is 2.36. The molecule has 120 valence electrons. The van der Waals surface area contributed by atoms with Gasteiger partial charge in [-0.25, -0.2) is 9.97 Å². The zero-order chi connectivity index (χ0) is 15.7. The number of hydrogen-bond donors (Lipinski definition) is 0. The normalized spacial score (nSPS) is 26.9. The average molecular weight is 306 g/mol. The van der Waals surface area contributed by atoms with Crippen molar-refractivity contribution in [2.24, 2.45) is 5.92 Å². The minimum absolute atomic E-state index is 0.0481. The summed E-state index contributed by atoms with van der Waals surface area (Å²) >= 11 is 0. The van der Waals surface area contributed by atoms with Crippen molar-refractivity contribution >= 4 is 11.7 Å². The highest BCUT2D eigenvalue weighted by atomic mass is 16.5. The van der Waals surface area contributed by atoms with Gasteiger partial charge in [0.2, 0.25) is 11.8 Å². The topological polar surface area (TPSA) is 67.8 Å². The lowest BCUT2D eigenvalue weighted by Crippen LogP contribution is -2.29. The molecule has 0 aromatic carbocycles. The number of amides is 1. The largest absolute Gasteiger partial charge is 0.481 e. The van der Waals surface area contributed by atoms with E-state index in [9.17, 15) is 4.79 Å². The minimum Gasteiger partial charge on any atom is -0.481 e. The maximum absolute atomic E-state index is 11.8. The van der Waals surface area contributed by atoms with Crippen LogP contribution in [0, 0.1) is 5.92 Å². The number of carbonyl (C=O) groups excluding carboxylic acids is 1. The van der Waals surface area contributed by atoms with E-state index in [1.807, 2.05) is 6.07 Å². The predicted molar refractivity (Wildman–Crippen MR) is 80.9 cm³/mol. The minimum atomic E-state index is 0.0481. The van der Waals surface area contributed by atoms with Crippen molar-refractivity contribution in [3.63, 3.8) is 0 Å². The second-order valence-electron chi connectivity index (χ2n) is 6.11. The SMILES string of the molecule is COc1cc(N2C[C@@H]3C[C@@H](CC(=O)N(C)C)O[C@@H]3C2)ncn1. The van der Waals surface area contributed by atoms with E-state index < -0.39 is 0 Å². The van der Waals surface area contributed by atoms with E-state index in [0.29, 0.717) is 18.2 Å². The Morgan fingerprint density at radius 1 is 1.45 bits per heavy atom. The van der Waals surface area contributed by atoms with Crippen LogP contribution < -0.4 is 9.64 Å². The Morgan fingerprint density at radius 2 is 2.27 bits per heavy atom. The van der Waals surface area contributed by atoms with E-state index in [-0.39, 0.29) is 18.1 Å². The molecule has 2 aliphatic rings. The summed E-state index contributed by atoms with van der Waals surface area (Å²) in [7, 11) is 5.16. The van der Waals surface area contributed by atoms with Crippen LogP contribution in [0.5, 0.6) is 5.88 Å². The summed E-state index contributed by atoms with van der Waals surface area (Å²) < 4.78 is 11.2. The Balaban J connectivity index is 1.58. The predicted octanol–water partition coefficient (Wildman–Crippen LogP) is 0.557. The van der Waals surface area contributed by atoms with Crippen molar-refractivity contribution in [2.45, 2.75) is 25.0 Å². The molecule has 7 heteroatoms. The van der Waals surface area contributed by atoms with Crippen molar-refractivity contribution in [3.8, 4) is 5.88 Å². The van der Waals surface area contributed by atoms with Crippen LogP contribution in [0.2, 0.25) is 0 Å². The fourth-order valence-electron chi connectivity index (χ4n) is 3.17. The number of anilines is 1. The van der Waals surface area contributed by atoms with Gasteiger partial charge in [-0.1, -0.05) is 0 Å². The lowest BCUT2D eigenvalue weighted by Gasteiger charge is -2.20. The molecule has 22 heavy (non-hydrogen) atoms. The maximum Gasteiger partial charge on any atom is 0.224 e. The molecule has 1 aromatic rings. The van der Waals surface area contributed by atoms with Crippen molar-refractivity contribution < 1.29 is 14.3 Å². The van der Waals surface area contributed by atoms with Crippen molar-refractivity contribution in [2.75, 3.05) is 39.2 Å². The van der Waals surface area contributed by atoms with E-state index in [0.717, 1.165) is 25.3 Å². The number of fused-ring (bicyclic) bond motifs is 1. The molecule has 7 nitrogen and oxygen atoms in total. The Kier molecular flexibility index (Phi) is 4.15. The van der Waals surface area contributed by atoms with Gasteiger partial charge >= 0.3 is 0 Å². The van der Waals surface area contributed by atoms with E-state index in [4.69, 9.17) is 9.47 Å². The van der Waals surface area contributed by atoms with Crippen molar-refractivity contribution in [1.29, 1.82) is 0 Å². The van der Waals surface area contributed by atoms with Crippen LogP contribution in [0.1, 0.15) is 12.8 Å². The van der Waals surface area contributed by atoms with Gasteiger partial charge in [-0.15, -0.1) is 0 Å². The average Bonchev–Trinajstić information content (AvgIpc) is 3.05. The van der Waals surface area contributed by atoms with E-state index in [1.165, 1.54) is 6.33 Å². The fourth-order valence-corrected chi connectivity index (χ4v) is 3.17. The smallest absolute Gasteiger partial charge is 0.224 e. The molecule has 0 radical (unpaired) electrons. The lowest BCUT2D eigenvalue weighted by atomic mass is 10.0. The molecule has 3 atom stereocenters. The van der Waals surface area contributed by atoms with E-state index in [2.05, 4.69) is 14.9 Å². The molecule has 0 bridgehead atoms. The summed E-state index contributed by atoms with van der Waals surface area (Å²) in [6.45, 7) is 1.70. The van der Waals surface area contributed by atoms with Crippen LogP contribution in [0.25, 0.3) is 0 Å². The summed E-state index contributed by atoms with van der Waals surface area (Å²) in [5.74, 6) is 2.02. The highest BCUT2D eigenvalue weighted by Gasteiger charge is 2.43. The first-order valence-corrected chi connectivity index (χ1v) is 7.53. The monoisotopic (exact) mass is 306 g/mol. The zero-order valence-electron chi connectivity index (χ0n) is 13.2. The van der Waals surface area contributed by atoms with Crippen LogP contribution in [-0.2, 0) is 9.53 Å². The van der Waals surface area contributed by atoms with Gasteiger partial charge in [0.1, 0.15) is 12.1 Å². The summed E-state index contributed by atoms with van der Waals surface area (Å²) in [5.41, 5.74) is 0. The van der Waals surface area contributed by atoms with Crippen LogP contribution in [0.4, 0.5) is 5.82 Å². The van der Waals surface area contributed by atoms with Gasteiger partial charge in [0.05, 0.1) is 25.7 Å². The van der Waals surface area contributed by atoms with Gasteiger partial charge < -0.3 is 19.3 Å². The molecule has 3 heterocycles. The third kappa shape index (κ3) is 2.99. The summed E-state index contributed by atoms with van der Waals surface area (Å²) in [5, 5.41) is 0. The first-order chi connectivity index (χ1) is 10.6. The number of rotatable bonds is 4. The van der Waals surface area contributed by atoms with Gasteiger partial charge in [-0.3, -0.25) is 4.79 Å². The van der Waals surface area contributed by atoms with E-state index in [1.54, 1.807) is 26.1 Å². The number of nitrogens with zero attached hydrogens (tertiary/aromatic N) is 4. The van der Waals surface area contributed by atoms with Crippen LogP contribution in [0.3, 0.4) is 0 Å². The number of hydrogen-bond acceptors (Lipinski definition) is 6. The number of carbonyl (C=O) groups is 1. The molecular formula is C15H22N4O3. The lowest BCUT2D eigenvalue weighted by molar-refractivity contribution is -0.131. The molecule has 3 rings (SSSR count). The summed E-state index contributed by atoms with van der Waals surface area (Å²) in [6.07, 6.45) is 3.15. The third-order valence-electron chi connectivity index (χ3n) is 4.38. The fraction of sp³-hybridized carbons (Fsp3) is 0.667. The van der Waals surface area contributed by atoms with Gasteiger partial charge in [-0.05, 0) is 6.42 Å². The quantitative estimate of drug-likeness (QED) is 0.809. The van der Waals surface area contributed by atoms with E-state index >= 15 is 0 Å². The van der Waals surface area contributed by atoms with Gasteiger partial charge in [0.15, 0.2) is 0 Å². The van der Waals surface area contributed by atoms with Crippen molar-refractivity contribution in [1.82, 2.24) is 14.9 Å². The second kappa shape index (κ2) is 6.08. The van der Waals surface area contributed by atoms with Crippen molar-refractivity contribution in [3.05, 3.63) is 12.4 Å². The zero-order valence-corrected chi connectivity index (χ0v) is 13.2. The molecule has 0 unspecified atom stereocenters. The third-order valence-corrected chi connectivity index (χ3v) is 4.38. The Bertz CT molecular complexity index is 537. The number of ether oxygens (including phenoxy) is 2. The standard InChI is InChI=1S/C15H22N4O3/c1-18(2)15(20)5-11-4-10-7-19(8-12(10)22-11)13-6-14(21-3)17-9-16-13/h6,9-12H,4-5,7-8H2,1-3H3/t10-,11-,12+/m0/s1. The molecule has 2 saturated heterocycles. The Hall–Kier alpha value is -1.89. The molecule has 1 aromatic heterocycles. The second-order valence-corrected chi connectivity index (χ2v) is 6.11. The van der Waals surface area contributed by atoms with Crippen LogP contribution in [0.15, 0.2) is 12.4 Å². The highest BCUT2D eigenvalue weighted by molar-refractivity contribution is 5.76. The molecule has 2 aliphatic heterocycles. The number of aromatic nitrogens is 2. The molecule has 0 spiro atoms. The molecule has 0 N–H and O–H groups in total. The van der Waals surface area contributed by atoms with Crippen LogP contribution >= 0.6 is 0 Å². The summed E-state index contributed by atoms with van der Waals surface area (Å²) in [6, 6.07) is 1.84. The van der Waals surface area contributed by atoms with Crippen LogP contribution in [-0.4, -0.2) is 67.3 Å². The Morgan fingerprint density at radius 3 is 2.95 bits per heavy atom. The Labute approximate surface area is 130 Å². The number of methoxy groups -OCH3 is 1. The molecule has 0 aliphatic carbocycles. The van der Waals surface area contributed by atoms with Gasteiger partial charge in [0, 0.05) is 39.2 Å². The molecule has 2 fully saturated rings. The van der Waals surface area contributed by atoms with Gasteiger partial charge in [0.25, 0.3) is 0 Å². The first-order valence-electron chi connectivity index (χ1n) is 7.53. The summed E-state index contributed by atoms with van der Waals surface area (Å²) in [4.78, 5) is 23.9. The molecular weight excluding hydrogens is 284 g/mol. The van der Waals surface area contributed by atoms with Gasteiger partial charge in [-0.2, -0.15) is 0 Å². The molecule has 0 saturated carbocycles. The maximum atomic E-state index is 11.8. The first kappa shape index (κ1) is 15.0.